The number of hydrogen-bond acceptors (Lipinski definition) is 6. The molecule has 0 aliphatic carbocycles. The Morgan fingerprint density at radius 1 is 0.280 bits per heavy atom. The summed E-state index contributed by atoms with van der Waals surface area (Å²) in [6.07, 6.45) is 87.6. The largest absolute Gasteiger partial charge is 0.462 e. The van der Waals surface area contributed by atoms with Gasteiger partial charge in [-0.25, -0.2) is 0 Å². The lowest BCUT2D eigenvalue weighted by molar-refractivity contribution is -0.167. The maximum absolute atomic E-state index is 12.8. The summed E-state index contributed by atoms with van der Waals surface area (Å²) in [6.45, 7) is 6.34. The standard InChI is InChI=1S/C69H112O6/c1-4-7-10-13-16-19-21-23-25-27-28-29-30-31-32-33-34-35-36-37-38-39-40-42-43-45-47-50-53-56-59-62-68(71)74-65-66(64-73-67(70)61-58-55-52-49-18-15-12-9-6-3)75-69(72)63-60-57-54-51-48-46-44-41-26-24-22-20-17-14-11-8-5-2/h7-8,10-11,16-17,19-20,23-26,28-29,31-32,34-35,44,46,51,54,66H,4-6,9,12-15,18,21-22,27,30,33,36-43,45,47-50,52-53,55-65H2,1-3H3/b10-7-,11-8-,19-16-,20-17-,25-23-,26-24-,29-28-,32-31-,35-34-,46-44-,54-51-. The van der Waals surface area contributed by atoms with E-state index in [2.05, 4.69) is 154 Å². The molecule has 0 aliphatic rings. The first-order valence-corrected chi connectivity index (χ1v) is 30.7. The normalized spacial score (nSPS) is 13.1. The molecule has 424 valence electrons. The van der Waals surface area contributed by atoms with E-state index in [9.17, 15) is 14.4 Å². The van der Waals surface area contributed by atoms with Crippen molar-refractivity contribution in [3.05, 3.63) is 134 Å². The lowest BCUT2D eigenvalue weighted by Crippen LogP contribution is -2.30. The molecule has 75 heavy (non-hydrogen) atoms. The van der Waals surface area contributed by atoms with Gasteiger partial charge in [0.2, 0.25) is 0 Å². The van der Waals surface area contributed by atoms with Crippen molar-refractivity contribution in [3.8, 4) is 0 Å². The molecule has 6 nitrogen and oxygen atoms in total. The molecule has 0 bridgehead atoms. The lowest BCUT2D eigenvalue weighted by Gasteiger charge is -2.18. The quantitative estimate of drug-likeness (QED) is 0.0261. The van der Waals surface area contributed by atoms with E-state index in [1.54, 1.807) is 0 Å². The van der Waals surface area contributed by atoms with E-state index in [1.807, 2.05) is 0 Å². The van der Waals surface area contributed by atoms with Crippen LogP contribution in [0.25, 0.3) is 0 Å². The topological polar surface area (TPSA) is 78.9 Å². The van der Waals surface area contributed by atoms with Crippen molar-refractivity contribution in [2.24, 2.45) is 0 Å². The molecule has 0 rings (SSSR count). The Balaban J connectivity index is 4.24. The minimum Gasteiger partial charge on any atom is -0.462 e. The third-order valence-corrected chi connectivity index (χ3v) is 12.7. The molecule has 0 saturated heterocycles. The van der Waals surface area contributed by atoms with Gasteiger partial charge < -0.3 is 14.2 Å². The summed E-state index contributed by atoms with van der Waals surface area (Å²) in [5, 5.41) is 0. The van der Waals surface area contributed by atoms with Gasteiger partial charge in [0.05, 0.1) is 0 Å². The number of carbonyl (C=O) groups excluding carboxylic acids is 3. The predicted molar refractivity (Wildman–Crippen MR) is 325 cm³/mol. The van der Waals surface area contributed by atoms with E-state index >= 15 is 0 Å². The van der Waals surface area contributed by atoms with Crippen LogP contribution in [0.15, 0.2) is 134 Å². The molecule has 0 radical (unpaired) electrons. The molecule has 6 heteroatoms. The number of rotatable bonds is 54. The number of unbranched alkanes of at least 4 members (excludes halogenated alkanes) is 21. The molecule has 1 unspecified atom stereocenters. The van der Waals surface area contributed by atoms with Crippen molar-refractivity contribution in [2.75, 3.05) is 13.2 Å². The van der Waals surface area contributed by atoms with E-state index in [4.69, 9.17) is 14.2 Å². The van der Waals surface area contributed by atoms with Crippen molar-refractivity contribution < 1.29 is 28.6 Å². The van der Waals surface area contributed by atoms with Crippen molar-refractivity contribution >= 4 is 17.9 Å². The molecule has 0 saturated carbocycles. The molecular weight excluding hydrogens is 925 g/mol. The molecule has 0 amide bonds. The number of carbonyl (C=O) groups is 3. The summed E-state index contributed by atoms with van der Waals surface area (Å²) in [5.74, 6) is -0.967. The van der Waals surface area contributed by atoms with Crippen LogP contribution in [0.4, 0.5) is 0 Å². The fourth-order valence-corrected chi connectivity index (χ4v) is 8.13. The van der Waals surface area contributed by atoms with Crippen LogP contribution in [0, 0.1) is 0 Å². The highest BCUT2D eigenvalue weighted by molar-refractivity contribution is 5.71. The average molecular weight is 1040 g/mol. The summed E-state index contributed by atoms with van der Waals surface area (Å²) < 4.78 is 16.8. The van der Waals surface area contributed by atoms with E-state index in [0.29, 0.717) is 19.3 Å². The second kappa shape index (κ2) is 62.1. The number of esters is 3. The van der Waals surface area contributed by atoms with Crippen LogP contribution in [0.5, 0.6) is 0 Å². The summed E-state index contributed by atoms with van der Waals surface area (Å²) >= 11 is 0. The zero-order chi connectivity index (χ0) is 54.3. The zero-order valence-electron chi connectivity index (χ0n) is 48.5. The van der Waals surface area contributed by atoms with Crippen LogP contribution >= 0.6 is 0 Å². The van der Waals surface area contributed by atoms with Crippen LogP contribution in [-0.2, 0) is 28.6 Å². The van der Waals surface area contributed by atoms with E-state index in [-0.39, 0.29) is 37.5 Å². The summed E-state index contributed by atoms with van der Waals surface area (Å²) in [4.78, 5) is 38.1. The van der Waals surface area contributed by atoms with Gasteiger partial charge in [-0.05, 0) is 109 Å². The summed E-state index contributed by atoms with van der Waals surface area (Å²) in [6, 6.07) is 0. The molecule has 0 aromatic rings. The first-order valence-electron chi connectivity index (χ1n) is 30.7. The Kier molecular flexibility index (Phi) is 58.4. The Bertz CT molecular complexity index is 1620. The highest BCUT2D eigenvalue weighted by atomic mass is 16.6. The van der Waals surface area contributed by atoms with Crippen LogP contribution < -0.4 is 0 Å². The van der Waals surface area contributed by atoms with Gasteiger partial charge in [0.25, 0.3) is 0 Å². The zero-order valence-corrected chi connectivity index (χ0v) is 48.5. The van der Waals surface area contributed by atoms with Crippen molar-refractivity contribution in [3.63, 3.8) is 0 Å². The number of ether oxygens (including phenoxy) is 3. The minimum atomic E-state index is -0.810. The highest BCUT2D eigenvalue weighted by Gasteiger charge is 2.19. The Morgan fingerprint density at radius 2 is 0.533 bits per heavy atom. The first kappa shape index (κ1) is 70.5. The van der Waals surface area contributed by atoms with Gasteiger partial charge in [0.1, 0.15) is 13.2 Å². The van der Waals surface area contributed by atoms with Gasteiger partial charge in [-0.1, -0.05) is 270 Å². The smallest absolute Gasteiger partial charge is 0.306 e. The lowest BCUT2D eigenvalue weighted by atomic mass is 10.0. The number of hydrogen-bond donors (Lipinski definition) is 0. The summed E-state index contributed by atoms with van der Waals surface area (Å²) in [7, 11) is 0. The van der Waals surface area contributed by atoms with Gasteiger partial charge in [0.15, 0.2) is 6.10 Å². The molecule has 0 aromatic carbocycles. The fraction of sp³-hybridized carbons (Fsp3) is 0.638. The monoisotopic (exact) mass is 1040 g/mol. The van der Waals surface area contributed by atoms with Crippen molar-refractivity contribution in [1.82, 2.24) is 0 Å². The SMILES string of the molecule is CC/C=C\C/C=C\C/C=C\C/C=C\C/C=C\C/C=C\CCCCCCCCCCCCCCC(=O)OCC(COC(=O)CCCCCCCCCCC)OC(=O)CCC/C=C\C/C=C\C/C=C\C/C=C\C/C=C\CC. The Labute approximate surface area is 462 Å². The van der Waals surface area contributed by atoms with Crippen LogP contribution in [-0.4, -0.2) is 37.2 Å². The van der Waals surface area contributed by atoms with Crippen molar-refractivity contribution in [1.29, 1.82) is 0 Å². The second-order valence-corrected chi connectivity index (χ2v) is 19.9. The molecule has 0 aromatic heterocycles. The summed E-state index contributed by atoms with van der Waals surface area (Å²) in [5.41, 5.74) is 0. The number of allylic oxidation sites excluding steroid dienone is 22. The third kappa shape index (κ3) is 60.3. The van der Waals surface area contributed by atoms with Crippen LogP contribution in [0.3, 0.4) is 0 Å². The molecular formula is C69H112O6. The predicted octanol–water partition coefficient (Wildman–Crippen LogP) is 21.0. The average Bonchev–Trinajstić information content (AvgIpc) is 3.41. The third-order valence-electron chi connectivity index (χ3n) is 12.7. The van der Waals surface area contributed by atoms with E-state index in [1.165, 1.54) is 103 Å². The molecule has 0 aliphatic heterocycles. The molecule has 0 N–H and O–H groups in total. The van der Waals surface area contributed by atoms with E-state index in [0.717, 1.165) is 116 Å². The molecule has 0 heterocycles. The first-order chi connectivity index (χ1) is 37.0. The Morgan fingerprint density at radius 3 is 0.853 bits per heavy atom. The van der Waals surface area contributed by atoms with Gasteiger partial charge in [-0.15, -0.1) is 0 Å². The van der Waals surface area contributed by atoms with Gasteiger partial charge >= 0.3 is 17.9 Å². The second-order valence-electron chi connectivity index (χ2n) is 19.9. The van der Waals surface area contributed by atoms with Gasteiger partial charge in [-0.2, -0.15) is 0 Å². The van der Waals surface area contributed by atoms with Crippen LogP contribution in [0.1, 0.15) is 265 Å². The molecule has 0 spiro atoms. The van der Waals surface area contributed by atoms with Gasteiger partial charge in [0, 0.05) is 19.3 Å². The van der Waals surface area contributed by atoms with Crippen molar-refractivity contribution in [2.45, 2.75) is 271 Å². The van der Waals surface area contributed by atoms with E-state index < -0.39 is 6.10 Å². The van der Waals surface area contributed by atoms with Crippen LogP contribution in [0.2, 0.25) is 0 Å². The maximum atomic E-state index is 12.8. The minimum absolute atomic E-state index is 0.102. The molecule has 1 atom stereocenters. The fourth-order valence-electron chi connectivity index (χ4n) is 8.13. The Hall–Kier alpha value is -4.45. The molecule has 0 fully saturated rings. The highest BCUT2D eigenvalue weighted by Crippen LogP contribution is 2.15. The maximum Gasteiger partial charge on any atom is 0.306 e. The van der Waals surface area contributed by atoms with Gasteiger partial charge in [-0.3, -0.25) is 14.4 Å².